The summed E-state index contributed by atoms with van der Waals surface area (Å²) in [6.45, 7) is 5.74. The molecular weight excluding hydrogens is 628 g/mol. The summed E-state index contributed by atoms with van der Waals surface area (Å²) in [6.07, 6.45) is -4.82. The fraction of sp³-hybridized carbons (Fsp3) is 0.333. The van der Waals surface area contributed by atoms with Gasteiger partial charge in [-0.05, 0) is 67.9 Å². The summed E-state index contributed by atoms with van der Waals surface area (Å²) in [4.78, 5) is 35.1. The van der Waals surface area contributed by atoms with E-state index in [9.17, 15) is 31.1 Å². The number of fused-ring (bicyclic) bond motifs is 2. The lowest BCUT2D eigenvalue weighted by molar-refractivity contribution is -0.156. The molecule has 0 N–H and O–H groups in total. The third-order valence-corrected chi connectivity index (χ3v) is 7.39. The van der Waals surface area contributed by atoms with Crippen molar-refractivity contribution in [2.24, 2.45) is 0 Å². The quantitative estimate of drug-likeness (QED) is 0.183. The number of amides is 1. The number of halogens is 7. The standard InChI is InChI=1S/C26H26ClN5O.2C2HF3O/c27-22-5-3-19(4-6-22)21-16-25-26(33)31(13-12-30(25)18-21)23-7-8-24-20(15-23)17-28-32(24)14-11-29-9-1-2-10-29;2*3-2(4,5)1-6/h3-8,15-18H,1-2,9-14H2;2*1H. The van der Waals surface area contributed by atoms with Crippen LogP contribution in [-0.2, 0) is 22.7 Å². The predicted octanol–water partition coefficient (Wildman–Crippen LogP) is 6.41. The monoisotopic (exact) mass is 655 g/mol. The van der Waals surface area contributed by atoms with Gasteiger partial charge in [-0.3, -0.25) is 19.1 Å². The summed E-state index contributed by atoms with van der Waals surface area (Å²) < 4.78 is 66.6. The lowest BCUT2D eigenvalue weighted by Gasteiger charge is -2.28. The summed E-state index contributed by atoms with van der Waals surface area (Å²) in [5, 5.41) is 6.40. The van der Waals surface area contributed by atoms with Gasteiger partial charge < -0.3 is 14.4 Å². The summed E-state index contributed by atoms with van der Waals surface area (Å²) in [5.74, 6) is 0.0299. The zero-order chi connectivity index (χ0) is 32.8. The molecule has 1 amide bonds. The van der Waals surface area contributed by atoms with Gasteiger partial charge in [0.2, 0.25) is 12.6 Å². The van der Waals surface area contributed by atoms with Crippen molar-refractivity contribution in [2.75, 3.05) is 31.1 Å². The zero-order valence-corrected chi connectivity index (χ0v) is 24.4. The topological polar surface area (TPSA) is 80.4 Å². The van der Waals surface area contributed by atoms with Crippen molar-refractivity contribution in [3.05, 3.63) is 71.6 Å². The molecule has 2 aliphatic rings. The third-order valence-electron chi connectivity index (χ3n) is 7.13. The number of hydrogen-bond donors (Lipinski definition) is 0. The Morgan fingerprint density at radius 1 is 0.800 bits per heavy atom. The first kappa shape index (κ1) is 33.7. The fourth-order valence-electron chi connectivity index (χ4n) is 5.03. The smallest absolute Gasteiger partial charge is 0.341 e. The van der Waals surface area contributed by atoms with E-state index in [4.69, 9.17) is 21.2 Å². The van der Waals surface area contributed by atoms with Crippen LogP contribution < -0.4 is 4.90 Å². The van der Waals surface area contributed by atoms with E-state index in [1.807, 2.05) is 47.5 Å². The molecule has 15 heteroatoms. The number of nitrogens with zero attached hydrogens (tertiary/aromatic N) is 5. The average molecular weight is 656 g/mol. The maximum absolute atomic E-state index is 13.4. The van der Waals surface area contributed by atoms with Crippen LogP contribution >= 0.6 is 11.6 Å². The number of benzene rings is 2. The predicted molar refractivity (Wildman–Crippen MR) is 156 cm³/mol. The molecule has 0 saturated carbocycles. The number of carbonyl (C=O) groups excluding carboxylic acids is 3. The van der Waals surface area contributed by atoms with E-state index in [-0.39, 0.29) is 5.91 Å². The Bertz CT molecular complexity index is 1610. The highest BCUT2D eigenvalue weighted by Crippen LogP contribution is 2.30. The summed E-state index contributed by atoms with van der Waals surface area (Å²) in [7, 11) is 0. The van der Waals surface area contributed by atoms with Gasteiger partial charge in [-0.1, -0.05) is 23.7 Å². The van der Waals surface area contributed by atoms with Crippen LogP contribution in [0.2, 0.25) is 5.02 Å². The lowest BCUT2D eigenvalue weighted by Crippen LogP contribution is -2.39. The Labute approximate surface area is 258 Å². The van der Waals surface area contributed by atoms with Crippen LogP contribution in [0, 0.1) is 0 Å². The van der Waals surface area contributed by atoms with Crippen LogP contribution in [-0.4, -0.2) is 76.3 Å². The number of carbonyl (C=O) groups is 3. The van der Waals surface area contributed by atoms with Crippen LogP contribution in [0.4, 0.5) is 32.0 Å². The molecule has 2 aliphatic heterocycles. The van der Waals surface area contributed by atoms with Gasteiger partial charge in [-0.15, -0.1) is 0 Å². The number of aldehydes is 2. The molecule has 2 aromatic heterocycles. The van der Waals surface area contributed by atoms with Gasteiger partial charge in [0, 0.05) is 47.5 Å². The van der Waals surface area contributed by atoms with Crippen LogP contribution in [0.25, 0.3) is 22.0 Å². The van der Waals surface area contributed by atoms with Crippen molar-refractivity contribution in [1.29, 1.82) is 0 Å². The molecule has 0 spiro atoms. The van der Waals surface area contributed by atoms with Crippen LogP contribution in [0.5, 0.6) is 0 Å². The molecule has 0 aliphatic carbocycles. The molecular formula is C30H28ClF6N5O3. The van der Waals surface area contributed by atoms with E-state index in [2.05, 4.69) is 37.6 Å². The van der Waals surface area contributed by atoms with E-state index in [1.165, 1.54) is 25.9 Å². The molecule has 240 valence electrons. The molecule has 6 rings (SSSR count). The molecule has 0 atom stereocenters. The molecule has 2 aromatic carbocycles. The second kappa shape index (κ2) is 14.3. The molecule has 4 aromatic rings. The molecule has 1 fully saturated rings. The second-order valence-electron chi connectivity index (χ2n) is 10.2. The highest BCUT2D eigenvalue weighted by atomic mass is 35.5. The number of hydrogen-bond acceptors (Lipinski definition) is 5. The van der Waals surface area contributed by atoms with Crippen molar-refractivity contribution in [3.8, 4) is 11.1 Å². The molecule has 8 nitrogen and oxygen atoms in total. The van der Waals surface area contributed by atoms with Gasteiger partial charge in [0.15, 0.2) is 0 Å². The van der Waals surface area contributed by atoms with Gasteiger partial charge in [-0.25, -0.2) is 0 Å². The maximum atomic E-state index is 13.4. The number of likely N-dealkylation sites (tertiary alicyclic amines) is 1. The summed E-state index contributed by atoms with van der Waals surface area (Å²) in [5.41, 5.74) is 4.85. The minimum atomic E-state index is -4.64. The first-order valence-electron chi connectivity index (χ1n) is 13.8. The minimum Gasteiger partial charge on any atom is -0.341 e. The summed E-state index contributed by atoms with van der Waals surface area (Å²) >= 11 is 6.03. The van der Waals surface area contributed by atoms with Crippen LogP contribution in [0.1, 0.15) is 23.3 Å². The minimum absolute atomic E-state index is 0.0299. The second-order valence-corrected chi connectivity index (χ2v) is 10.7. The van der Waals surface area contributed by atoms with Crippen molar-refractivity contribution in [3.63, 3.8) is 0 Å². The Balaban J connectivity index is 0.000000329. The van der Waals surface area contributed by atoms with E-state index < -0.39 is 24.9 Å². The van der Waals surface area contributed by atoms with Gasteiger partial charge >= 0.3 is 12.4 Å². The van der Waals surface area contributed by atoms with Crippen molar-refractivity contribution < 1.29 is 40.7 Å². The highest BCUT2D eigenvalue weighted by Gasteiger charge is 2.27. The number of alkyl halides is 6. The lowest BCUT2D eigenvalue weighted by atomic mass is 10.1. The van der Waals surface area contributed by atoms with E-state index in [0.717, 1.165) is 47.4 Å². The van der Waals surface area contributed by atoms with E-state index in [0.29, 0.717) is 17.3 Å². The van der Waals surface area contributed by atoms with Gasteiger partial charge in [0.25, 0.3) is 5.91 Å². The van der Waals surface area contributed by atoms with Crippen molar-refractivity contribution >= 4 is 46.7 Å². The zero-order valence-electron chi connectivity index (χ0n) is 23.7. The van der Waals surface area contributed by atoms with E-state index >= 15 is 0 Å². The Hall–Kier alpha value is -4.17. The normalized spacial score (nSPS) is 15.2. The number of rotatable bonds is 5. The number of anilines is 1. The van der Waals surface area contributed by atoms with Gasteiger partial charge in [-0.2, -0.15) is 31.4 Å². The number of aromatic nitrogens is 3. The van der Waals surface area contributed by atoms with Crippen LogP contribution in [0.15, 0.2) is 60.9 Å². The fourth-order valence-corrected chi connectivity index (χ4v) is 5.16. The van der Waals surface area contributed by atoms with Gasteiger partial charge in [0.1, 0.15) is 5.69 Å². The highest BCUT2D eigenvalue weighted by molar-refractivity contribution is 6.30. The van der Waals surface area contributed by atoms with Crippen molar-refractivity contribution in [1.82, 2.24) is 19.2 Å². The Morgan fingerprint density at radius 2 is 1.42 bits per heavy atom. The molecule has 0 unspecified atom stereocenters. The molecule has 45 heavy (non-hydrogen) atoms. The first-order chi connectivity index (χ1) is 21.3. The molecule has 1 saturated heterocycles. The van der Waals surface area contributed by atoms with Crippen LogP contribution in [0.3, 0.4) is 0 Å². The SMILES string of the molecule is O=C1c2cc(-c3ccc(Cl)cc3)cn2CCN1c1ccc2c(cnn2CCN2CCCC2)c1.O=CC(F)(F)F.O=CC(F)(F)F. The maximum Gasteiger partial charge on any atom is 0.446 e. The summed E-state index contributed by atoms with van der Waals surface area (Å²) in [6, 6.07) is 15.9. The van der Waals surface area contributed by atoms with Gasteiger partial charge in [0.05, 0.1) is 18.3 Å². The molecule has 4 heterocycles. The average Bonchev–Trinajstić information content (AvgIpc) is 3.77. The largest absolute Gasteiger partial charge is 0.446 e. The first-order valence-corrected chi connectivity index (χ1v) is 14.2. The Kier molecular flexibility index (Phi) is 10.7. The molecule has 0 radical (unpaired) electrons. The van der Waals surface area contributed by atoms with E-state index in [1.54, 1.807) is 0 Å². The third kappa shape index (κ3) is 9.17. The molecule has 0 bridgehead atoms. The van der Waals surface area contributed by atoms with Crippen molar-refractivity contribution in [2.45, 2.75) is 38.3 Å². The Morgan fingerprint density at radius 3 is 2.02 bits per heavy atom.